The highest BCUT2D eigenvalue weighted by molar-refractivity contribution is 6.06. The van der Waals surface area contributed by atoms with E-state index in [4.69, 9.17) is 0 Å². The summed E-state index contributed by atoms with van der Waals surface area (Å²) in [5.74, 6) is -1.50. The molecule has 0 aromatic carbocycles. The van der Waals surface area contributed by atoms with Gasteiger partial charge >= 0.3 is 5.97 Å². The van der Waals surface area contributed by atoms with Gasteiger partial charge < -0.3 is 4.74 Å². The highest BCUT2D eigenvalue weighted by Gasteiger charge is 2.27. The van der Waals surface area contributed by atoms with Gasteiger partial charge in [0.15, 0.2) is 0 Å². The summed E-state index contributed by atoms with van der Waals surface area (Å²) in [7, 11) is 1.25. The first-order valence-electron chi connectivity index (χ1n) is 4.46. The van der Waals surface area contributed by atoms with Crippen LogP contribution in [0.2, 0.25) is 0 Å². The van der Waals surface area contributed by atoms with Gasteiger partial charge in [-0.25, -0.2) is 4.79 Å². The lowest BCUT2D eigenvalue weighted by atomic mass is 9.86. The lowest BCUT2D eigenvalue weighted by molar-refractivity contribution is -0.134. The fourth-order valence-electron chi connectivity index (χ4n) is 1.38. The Morgan fingerprint density at radius 1 is 1.36 bits per heavy atom. The third-order valence-electron chi connectivity index (χ3n) is 2.17. The summed E-state index contributed by atoms with van der Waals surface area (Å²) in [6, 6.07) is 0. The van der Waals surface area contributed by atoms with Gasteiger partial charge in [0.25, 0.3) is 0 Å². The van der Waals surface area contributed by atoms with Crippen LogP contribution < -0.4 is 0 Å². The van der Waals surface area contributed by atoms with Crippen LogP contribution >= 0.6 is 0 Å². The number of hydrogen-bond donors (Lipinski definition) is 0. The van der Waals surface area contributed by atoms with Crippen LogP contribution in [0.3, 0.4) is 0 Å². The maximum Gasteiger partial charge on any atom is 0.330 e. The van der Waals surface area contributed by atoms with Gasteiger partial charge in [0.1, 0.15) is 11.6 Å². The number of esters is 1. The summed E-state index contributed by atoms with van der Waals surface area (Å²) < 4.78 is 4.36. The summed E-state index contributed by atoms with van der Waals surface area (Å²) in [5, 5.41) is 0. The van der Waals surface area contributed by atoms with Crippen LogP contribution in [-0.2, 0) is 19.1 Å². The third-order valence-corrected chi connectivity index (χ3v) is 2.17. The molecule has 1 saturated carbocycles. The minimum absolute atomic E-state index is 0.110. The summed E-state index contributed by atoms with van der Waals surface area (Å²) in [6.45, 7) is 0. The number of rotatable bonds is 2. The lowest BCUT2D eigenvalue weighted by Gasteiger charge is -2.15. The number of methoxy groups -OCH3 is 1. The van der Waals surface area contributed by atoms with Crippen molar-refractivity contribution in [1.82, 2.24) is 0 Å². The Labute approximate surface area is 81.9 Å². The van der Waals surface area contributed by atoms with Gasteiger partial charge in [0.2, 0.25) is 0 Å². The monoisotopic (exact) mass is 196 g/mol. The van der Waals surface area contributed by atoms with Gasteiger partial charge in [-0.05, 0) is 6.42 Å². The second-order valence-corrected chi connectivity index (χ2v) is 3.15. The van der Waals surface area contributed by atoms with Crippen molar-refractivity contribution in [3.05, 3.63) is 12.2 Å². The molecule has 0 radical (unpaired) electrons. The number of hydrogen-bond acceptors (Lipinski definition) is 4. The maximum absolute atomic E-state index is 11.3. The minimum Gasteiger partial charge on any atom is -0.466 e. The number of carbonyl (C=O) groups is 3. The van der Waals surface area contributed by atoms with Crippen LogP contribution in [-0.4, -0.2) is 24.6 Å². The zero-order chi connectivity index (χ0) is 10.6. The van der Waals surface area contributed by atoms with Crippen LogP contribution in [0.15, 0.2) is 12.2 Å². The van der Waals surface area contributed by atoms with E-state index in [9.17, 15) is 14.4 Å². The SMILES string of the molecule is COC(=O)/C=C/C1C(=O)CCCC1=O. The molecular weight excluding hydrogens is 184 g/mol. The summed E-state index contributed by atoms with van der Waals surface area (Å²) in [5.41, 5.74) is 0. The third kappa shape index (κ3) is 2.52. The number of ether oxygens (including phenoxy) is 1. The quantitative estimate of drug-likeness (QED) is 0.369. The molecule has 76 valence electrons. The van der Waals surface area contributed by atoms with Crippen molar-refractivity contribution >= 4 is 17.5 Å². The molecule has 0 atom stereocenters. The Morgan fingerprint density at radius 3 is 2.43 bits per heavy atom. The molecule has 1 rings (SSSR count). The summed E-state index contributed by atoms with van der Waals surface area (Å²) in [6.07, 6.45) is 3.92. The van der Waals surface area contributed by atoms with Crippen molar-refractivity contribution in [2.24, 2.45) is 5.92 Å². The smallest absolute Gasteiger partial charge is 0.330 e. The zero-order valence-electron chi connectivity index (χ0n) is 7.99. The Bertz CT molecular complexity index is 274. The van der Waals surface area contributed by atoms with Crippen molar-refractivity contribution in [3.8, 4) is 0 Å². The number of ketones is 2. The van der Waals surface area contributed by atoms with Crippen LogP contribution in [0.25, 0.3) is 0 Å². The van der Waals surface area contributed by atoms with E-state index in [2.05, 4.69) is 4.74 Å². The molecule has 4 nitrogen and oxygen atoms in total. The van der Waals surface area contributed by atoms with Gasteiger partial charge in [-0.2, -0.15) is 0 Å². The van der Waals surface area contributed by atoms with Gasteiger partial charge in [-0.15, -0.1) is 0 Å². The normalized spacial score (nSPS) is 18.9. The van der Waals surface area contributed by atoms with Gasteiger partial charge in [-0.1, -0.05) is 6.08 Å². The molecule has 1 aliphatic carbocycles. The Morgan fingerprint density at radius 2 is 1.93 bits per heavy atom. The van der Waals surface area contributed by atoms with E-state index in [1.807, 2.05) is 0 Å². The van der Waals surface area contributed by atoms with Crippen LogP contribution in [0.1, 0.15) is 19.3 Å². The molecule has 4 heteroatoms. The van der Waals surface area contributed by atoms with Crippen LogP contribution in [0, 0.1) is 5.92 Å². The molecule has 0 aromatic heterocycles. The Balaban J connectivity index is 2.65. The molecule has 1 aliphatic rings. The molecule has 0 aromatic rings. The first-order chi connectivity index (χ1) is 6.65. The highest BCUT2D eigenvalue weighted by atomic mass is 16.5. The predicted octanol–water partition coefficient (Wildman–Crippen LogP) is 0.654. The van der Waals surface area contributed by atoms with Crippen molar-refractivity contribution in [2.75, 3.05) is 7.11 Å². The average molecular weight is 196 g/mol. The molecule has 0 unspecified atom stereocenters. The van der Waals surface area contributed by atoms with Gasteiger partial charge in [-0.3, -0.25) is 9.59 Å². The van der Waals surface area contributed by atoms with E-state index in [1.54, 1.807) is 0 Å². The number of Topliss-reactive ketones (excluding diaryl/α,β-unsaturated/α-hetero) is 2. The van der Waals surface area contributed by atoms with E-state index < -0.39 is 11.9 Å². The number of carbonyl (C=O) groups excluding carboxylic acids is 3. The minimum atomic E-state index is -0.733. The van der Waals surface area contributed by atoms with E-state index in [0.29, 0.717) is 19.3 Å². The highest BCUT2D eigenvalue weighted by Crippen LogP contribution is 2.18. The molecule has 0 amide bonds. The Kier molecular flexibility index (Phi) is 3.56. The standard InChI is InChI=1S/C10H12O4/c1-14-10(13)6-5-7-8(11)3-2-4-9(7)12/h5-7H,2-4H2,1H3/b6-5+. The first-order valence-corrected chi connectivity index (χ1v) is 4.46. The molecule has 0 N–H and O–H groups in total. The Hall–Kier alpha value is -1.45. The summed E-state index contributed by atoms with van der Waals surface area (Å²) in [4.78, 5) is 33.3. The second-order valence-electron chi connectivity index (χ2n) is 3.15. The predicted molar refractivity (Wildman–Crippen MR) is 48.5 cm³/mol. The molecule has 0 heterocycles. The molecule has 0 aliphatic heterocycles. The van der Waals surface area contributed by atoms with Crippen molar-refractivity contribution in [1.29, 1.82) is 0 Å². The fraction of sp³-hybridized carbons (Fsp3) is 0.500. The topological polar surface area (TPSA) is 60.4 Å². The molecule has 0 bridgehead atoms. The largest absolute Gasteiger partial charge is 0.466 e. The fourth-order valence-corrected chi connectivity index (χ4v) is 1.38. The van der Waals surface area contributed by atoms with Gasteiger partial charge in [0.05, 0.1) is 13.0 Å². The average Bonchev–Trinajstić information content (AvgIpc) is 2.16. The van der Waals surface area contributed by atoms with E-state index in [0.717, 1.165) is 6.08 Å². The molecule has 0 spiro atoms. The van der Waals surface area contributed by atoms with Crippen molar-refractivity contribution in [2.45, 2.75) is 19.3 Å². The maximum atomic E-state index is 11.3. The molecule has 1 fully saturated rings. The molecule has 14 heavy (non-hydrogen) atoms. The first kappa shape index (κ1) is 10.6. The van der Waals surface area contributed by atoms with Crippen molar-refractivity contribution in [3.63, 3.8) is 0 Å². The van der Waals surface area contributed by atoms with E-state index >= 15 is 0 Å². The molecule has 0 saturated heterocycles. The number of allylic oxidation sites excluding steroid dienone is 1. The lowest BCUT2D eigenvalue weighted by Crippen LogP contribution is -2.26. The van der Waals surface area contributed by atoms with Crippen molar-refractivity contribution < 1.29 is 19.1 Å². The second kappa shape index (κ2) is 4.69. The van der Waals surface area contributed by atoms with E-state index in [-0.39, 0.29) is 11.6 Å². The van der Waals surface area contributed by atoms with Crippen LogP contribution in [0.5, 0.6) is 0 Å². The summed E-state index contributed by atoms with van der Waals surface area (Å²) >= 11 is 0. The van der Waals surface area contributed by atoms with Gasteiger partial charge in [0, 0.05) is 18.9 Å². The van der Waals surface area contributed by atoms with E-state index in [1.165, 1.54) is 13.2 Å². The van der Waals surface area contributed by atoms with Crippen LogP contribution in [0.4, 0.5) is 0 Å². The zero-order valence-corrected chi connectivity index (χ0v) is 7.99. The molecular formula is C10H12O4.